The Morgan fingerprint density at radius 3 is 2.23 bits per heavy atom. The molecule has 1 N–H and O–H groups in total. The highest BCUT2D eigenvalue weighted by molar-refractivity contribution is 7.89. The zero-order valence-corrected chi connectivity index (χ0v) is 17.8. The number of carbonyl (C=O) groups excluding carboxylic acids is 2. The summed E-state index contributed by atoms with van der Waals surface area (Å²) >= 11 is 0. The summed E-state index contributed by atoms with van der Waals surface area (Å²) in [5.74, 6) is -1.14. The summed E-state index contributed by atoms with van der Waals surface area (Å²) < 4.78 is 40.7. The maximum atomic E-state index is 14.0. The topological polar surface area (TPSA) is 90.0 Å². The Kier molecular flexibility index (Phi) is 5.54. The normalized spacial score (nSPS) is 23.2. The number of carbonyl (C=O) groups is 2. The molecule has 0 aromatic heterocycles. The summed E-state index contributed by atoms with van der Waals surface area (Å²) in [6.45, 7) is 2.62. The average Bonchev–Trinajstić information content (AvgIpc) is 2.99. The molecule has 0 spiro atoms. The summed E-state index contributed by atoms with van der Waals surface area (Å²) in [4.78, 5) is 28.2. The Labute approximate surface area is 180 Å². The van der Waals surface area contributed by atoms with Crippen molar-refractivity contribution in [2.45, 2.75) is 17.4 Å². The quantitative estimate of drug-likeness (QED) is 0.704. The molecule has 2 saturated heterocycles. The molecule has 0 unspecified atom stereocenters. The summed E-state index contributed by atoms with van der Waals surface area (Å²) in [5.41, 5.74) is -0.453. The number of urea groups is 1. The summed E-state index contributed by atoms with van der Waals surface area (Å²) in [7, 11) is -3.95. The Hall–Kier alpha value is -2.82. The zero-order chi connectivity index (χ0) is 22.2. The van der Waals surface area contributed by atoms with Gasteiger partial charge in [-0.2, -0.15) is 4.31 Å². The number of hydrogen-bond donors (Lipinski definition) is 1. The minimum atomic E-state index is -3.95. The first-order valence-electron chi connectivity index (χ1n) is 9.90. The lowest BCUT2D eigenvalue weighted by molar-refractivity contribution is -0.132. The molecular formula is C21H23FN4O4S. The molecule has 0 bridgehead atoms. The van der Waals surface area contributed by atoms with Crippen molar-refractivity contribution in [2.24, 2.45) is 0 Å². The van der Waals surface area contributed by atoms with Crippen LogP contribution in [0.25, 0.3) is 0 Å². The van der Waals surface area contributed by atoms with E-state index in [-0.39, 0.29) is 30.6 Å². The van der Waals surface area contributed by atoms with Gasteiger partial charge in [0.05, 0.1) is 6.67 Å². The maximum Gasteiger partial charge on any atom is 0.326 e. The van der Waals surface area contributed by atoms with Crippen molar-refractivity contribution in [3.05, 3.63) is 66.0 Å². The molecule has 164 valence electrons. The predicted molar refractivity (Wildman–Crippen MR) is 111 cm³/mol. The fourth-order valence-corrected chi connectivity index (χ4v) is 5.38. The number of benzene rings is 2. The van der Waals surface area contributed by atoms with Crippen LogP contribution in [0.15, 0.2) is 59.5 Å². The highest BCUT2D eigenvalue weighted by Crippen LogP contribution is 2.29. The van der Waals surface area contributed by atoms with Gasteiger partial charge in [-0.1, -0.05) is 42.5 Å². The third-order valence-electron chi connectivity index (χ3n) is 5.75. The van der Waals surface area contributed by atoms with Gasteiger partial charge in [0.15, 0.2) is 0 Å². The van der Waals surface area contributed by atoms with Crippen molar-refractivity contribution in [1.29, 1.82) is 0 Å². The molecule has 31 heavy (non-hydrogen) atoms. The molecule has 3 amide bonds. The second kappa shape index (κ2) is 8.03. The van der Waals surface area contributed by atoms with E-state index in [2.05, 4.69) is 5.32 Å². The largest absolute Gasteiger partial charge is 0.326 e. The monoisotopic (exact) mass is 446 g/mol. The van der Waals surface area contributed by atoms with Crippen LogP contribution in [0.2, 0.25) is 0 Å². The van der Waals surface area contributed by atoms with Crippen molar-refractivity contribution in [3.63, 3.8) is 0 Å². The van der Waals surface area contributed by atoms with E-state index in [4.69, 9.17) is 0 Å². The highest BCUT2D eigenvalue weighted by Gasteiger charge is 2.49. The molecule has 4 rings (SSSR count). The Morgan fingerprint density at radius 2 is 1.58 bits per heavy atom. The van der Waals surface area contributed by atoms with Crippen LogP contribution in [0, 0.1) is 5.82 Å². The van der Waals surface area contributed by atoms with Crippen molar-refractivity contribution in [1.82, 2.24) is 19.4 Å². The van der Waals surface area contributed by atoms with E-state index in [1.54, 1.807) is 31.2 Å². The Bertz CT molecular complexity index is 1100. The number of halogens is 1. The number of sulfonamides is 1. The van der Waals surface area contributed by atoms with E-state index >= 15 is 0 Å². The average molecular weight is 447 g/mol. The number of rotatable bonds is 5. The van der Waals surface area contributed by atoms with Crippen LogP contribution in [0.4, 0.5) is 9.18 Å². The summed E-state index contributed by atoms with van der Waals surface area (Å²) in [5, 5.41) is 2.76. The Morgan fingerprint density at radius 1 is 0.968 bits per heavy atom. The van der Waals surface area contributed by atoms with Crippen LogP contribution in [0.1, 0.15) is 12.5 Å². The number of amides is 3. The van der Waals surface area contributed by atoms with Gasteiger partial charge in [-0.25, -0.2) is 22.5 Å². The van der Waals surface area contributed by atoms with E-state index in [9.17, 15) is 22.4 Å². The lowest BCUT2D eigenvalue weighted by Gasteiger charge is -2.35. The van der Waals surface area contributed by atoms with Crippen LogP contribution in [-0.2, 0) is 20.4 Å². The first-order valence-corrected chi connectivity index (χ1v) is 11.3. The van der Waals surface area contributed by atoms with Crippen molar-refractivity contribution in [2.75, 3.05) is 32.8 Å². The smallest absolute Gasteiger partial charge is 0.319 e. The van der Waals surface area contributed by atoms with Gasteiger partial charge < -0.3 is 5.32 Å². The predicted octanol–water partition coefficient (Wildman–Crippen LogP) is 1.56. The van der Waals surface area contributed by atoms with Crippen LogP contribution < -0.4 is 5.32 Å². The van der Waals surface area contributed by atoms with Gasteiger partial charge in [0, 0.05) is 26.2 Å². The number of imide groups is 1. The zero-order valence-electron chi connectivity index (χ0n) is 17.0. The lowest BCUT2D eigenvalue weighted by atomic mass is 9.92. The standard InChI is InChI=1S/C21H23FN4O4S/c1-21(16-7-3-2-4-8-16)19(27)26(20(28)23-21)15-24-11-13-25(14-12-24)31(29,30)18-10-6-5-9-17(18)22/h2-10H,11-15H2,1H3,(H,23,28)/t21-/m0/s1. The van der Waals surface area contributed by atoms with Gasteiger partial charge in [0.25, 0.3) is 5.91 Å². The van der Waals surface area contributed by atoms with Crippen LogP contribution in [0.5, 0.6) is 0 Å². The third kappa shape index (κ3) is 3.82. The first kappa shape index (κ1) is 21.4. The van der Waals surface area contributed by atoms with E-state index < -0.39 is 27.4 Å². The minimum absolute atomic E-state index is 0.0562. The fourth-order valence-electron chi connectivity index (χ4n) is 3.90. The lowest BCUT2D eigenvalue weighted by Crippen LogP contribution is -2.52. The molecule has 0 aliphatic carbocycles. The van der Waals surface area contributed by atoms with Gasteiger partial charge in [0.1, 0.15) is 16.3 Å². The van der Waals surface area contributed by atoms with Crippen molar-refractivity contribution >= 4 is 22.0 Å². The van der Waals surface area contributed by atoms with E-state index in [1.165, 1.54) is 22.5 Å². The second-order valence-corrected chi connectivity index (χ2v) is 9.65. The molecular weight excluding hydrogens is 423 g/mol. The molecule has 1 atom stereocenters. The molecule has 10 heteroatoms. The van der Waals surface area contributed by atoms with Gasteiger partial charge in [0.2, 0.25) is 10.0 Å². The number of nitrogens with zero attached hydrogens (tertiary/aromatic N) is 3. The van der Waals surface area contributed by atoms with Crippen LogP contribution in [0.3, 0.4) is 0 Å². The maximum absolute atomic E-state index is 14.0. The molecule has 0 radical (unpaired) electrons. The SMILES string of the molecule is C[C@@]1(c2ccccc2)NC(=O)N(CN2CCN(S(=O)(=O)c3ccccc3F)CC2)C1=O. The van der Waals surface area contributed by atoms with Crippen LogP contribution >= 0.6 is 0 Å². The van der Waals surface area contributed by atoms with Crippen LogP contribution in [-0.4, -0.2) is 67.3 Å². The van der Waals surface area contributed by atoms with Gasteiger partial charge in [-0.05, 0) is 24.6 Å². The molecule has 2 fully saturated rings. The van der Waals surface area contributed by atoms with Crippen molar-refractivity contribution < 1.29 is 22.4 Å². The summed E-state index contributed by atoms with van der Waals surface area (Å²) in [6, 6.07) is 13.8. The molecule has 8 nitrogen and oxygen atoms in total. The number of hydrogen-bond acceptors (Lipinski definition) is 5. The molecule has 2 heterocycles. The minimum Gasteiger partial charge on any atom is -0.319 e. The number of nitrogens with one attached hydrogen (secondary N) is 1. The molecule has 0 saturated carbocycles. The third-order valence-corrected chi connectivity index (χ3v) is 7.69. The number of piperazine rings is 1. The molecule has 2 aromatic carbocycles. The first-order chi connectivity index (χ1) is 14.7. The van der Waals surface area contributed by atoms with Gasteiger partial charge >= 0.3 is 6.03 Å². The van der Waals surface area contributed by atoms with Gasteiger partial charge in [-0.15, -0.1) is 0 Å². The molecule has 2 aromatic rings. The Balaban J connectivity index is 1.42. The van der Waals surface area contributed by atoms with Crippen molar-refractivity contribution in [3.8, 4) is 0 Å². The van der Waals surface area contributed by atoms with E-state index in [0.29, 0.717) is 18.7 Å². The highest BCUT2D eigenvalue weighted by atomic mass is 32.2. The van der Waals surface area contributed by atoms with Gasteiger partial charge in [-0.3, -0.25) is 9.69 Å². The van der Waals surface area contributed by atoms with E-state index in [1.807, 2.05) is 11.0 Å². The fraction of sp³-hybridized carbons (Fsp3) is 0.333. The molecule has 2 aliphatic rings. The summed E-state index contributed by atoms with van der Waals surface area (Å²) in [6.07, 6.45) is 0. The van der Waals surface area contributed by atoms with E-state index in [0.717, 1.165) is 11.0 Å². The molecule has 2 aliphatic heterocycles. The second-order valence-electron chi connectivity index (χ2n) is 7.75.